The van der Waals surface area contributed by atoms with Crippen LogP contribution in [0.5, 0.6) is 0 Å². The van der Waals surface area contributed by atoms with Gasteiger partial charge in [0.25, 0.3) is 0 Å². The molecule has 2 atom stereocenters. The van der Waals surface area contributed by atoms with Crippen LogP contribution < -0.4 is 0 Å². The normalized spacial score (nSPS) is 29.1. The Bertz CT molecular complexity index is 338. The predicted molar refractivity (Wildman–Crippen MR) is 75.7 cm³/mol. The quantitative estimate of drug-likeness (QED) is 0.783. The molecule has 3 nitrogen and oxygen atoms in total. The highest BCUT2D eigenvalue weighted by Crippen LogP contribution is 2.27. The molecule has 1 amide bonds. The van der Waals surface area contributed by atoms with E-state index in [1.54, 1.807) is 0 Å². The topological polar surface area (TPSA) is 37.4 Å². The van der Waals surface area contributed by atoms with Gasteiger partial charge in [0, 0.05) is 31.8 Å². The van der Waals surface area contributed by atoms with E-state index in [4.69, 9.17) is 0 Å². The fourth-order valence-corrected chi connectivity index (χ4v) is 3.47. The Morgan fingerprint density at radius 2 is 1.95 bits per heavy atom. The van der Waals surface area contributed by atoms with Gasteiger partial charge in [0.2, 0.25) is 5.91 Å². The Morgan fingerprint density at radius 1 is 1.16 bits per heavy atom. The standard InChI is InChI=1S/C16H27NO2/c1-12(2)13-6-7-16(19)17(10-8-13)11-9-14-4-3-5-15(14)18/h12-14H,3-11H2,1-2H3. The number of carbonyl (C=O) groups excluding carboxylic acids is 2. The summed E-state index contributed by atoms with van der Waals surface area (Å²) in [5.74, 6) is 2.30. The molecule has 0 spiro atoms. The number of hydrogen-bond donors (Lipinski definition) is 0. The molecule has 0 aromatic rings. The summed E-state index contributed by atoms with van der Waals surface area (Å²) in [5, 5.41) is 0. The molecule has 0 radical (unpaired) electrons. The lowest BCUT2D eigenvalue weighted by Crippen LogP contribution is -2.32. The van der Waals surface area contributed by atoms with Gasteiger partial charge in [0.1, 0.15) is 5.78 Å². The third-order valence-electron chi connectivity index (χ3n) is 4.97. The Morgan fingerprint density at radius 3 is 2.58 bits per heavy atom. The average molecular weight is 265 g/mol. The molecule has 1 aliphatic carbocycles. The van der Waals surface area contributed by atoms with Crippen molar-refractivity contribution in [3.63, 3.8) is 0 Å². The largest absolute Gasteiger partial charge is 0.343 e. The van der Waals surface area contributed by atoms with Gasteiger partial charge in [-0.2, -0.15) is 0 Å². The first-order valence-electron chi connectivity index (χ1n) is 7.88. The van der Waals surface area contributed by atoms with Crippen LogP contribution in [0.2, 0.25) is 0 Å². The third kappa shape index (κ3) is 3.80. The molecule has 2 aliphatic rings. The van der Waals surface area contributed by atoms with Crippen molar-refractivity contribution in [2.75, 3.05) is 13.1 Å². The summed E-state index contributed by atoms with van der Waals surface area (Å²) >= 11 is 0. The number of carbonyl (C=O) groups is 2. The van der Waals surface area contributed by atoms with Crippen LogP contribution in [-0.2, 0) is 9.59 Å². The first-order chi connectivity index (χ1) is 9.08. The van der Waals surface area contributed by atoms with E-state index in [-0.39, 0.29) is 5.92 Å². The monoisotopic (exact) mass is 265 g/mol. The molecule has 0 aromatic carbocycles. The molecule has 0 bridgehead atoms. The summed E-state index contributed by atoms with van der Waals surface area (Å²) in [7, 11) is 0. The molecule has 0 aromatic heterocycles. The van der Waals surface area contributed by atoms with Crippen LogP contribution in [0.15, 0.2) is 0 Å². The molecular formula is C16H27NO2. The van der Waals surface area contributed by atoms with Crippen LogP contribution in [0.1, 0.15) is 58.8 Å². The maximum absolute atomic E-state index is 12.1. The molecule has 108 valence electrons. The van der Waals surface area contributed by atoms with E-state index in [1.807, 2.05) is 4.90 Å². The predicted octanol–water partition coefficient (Wildman–Crippen LogP) is 3.03. The van der Waals surface area contributed by atoms with E-state index in [9.17, 15) is 9.59 Å². The number of nitrogens with zero attached hydrogens (tertiary/aromatic N) is 1. The number of ketones is 1. The lowest BCUT2D eigenvalue weighted by Gasteiger charge is -2.23. The zero-order chi connectivity index (χ0) is 13.8. The smallest absolute Gasteiger partial charge is 0.222 e. The zero-order valence-electron chi connectivity index (χ0n) is 12.4. The Labute approximate surface area is 116 Å². The molecular weight excluding hydrogens is 238 g/mol. The summed E-state index contributed by atoms with van der Waals surface area (Å²) in [5.41, 5.74) is 0. The van der Waals surface area contributed by atoms with Crippen molar-refractivity contribution in [3.8, 4) is 0 Å². The molecule has 1 heterocycles. The second kappa shape index (κ2) is 6.53. The maximum Gasteiger partial charge on any atom is 0.222 e. The van der Waals surface area contributed by atoms with E-state index in [0.29, 0.717) is 29.9 Å². The average Bonchev–Trinajstić information content (AvgIpc) is 2.67. The van der Waals surface area contributed by atoms with Gasteiger partial charge in [-0.1, -0.05) is 13.8 Å². The Balaban J connectivity index is 1.82. The van der Waals surface area contributed by atoms with Crippen molar-refractivity contribution in [3.05, 3.63) is 0 Å². The minimum absolute atomic E-state index is 0.233. The van der Waals surface area contributed by atoms with E-state index in [0.717, 1.165) is 51.6 Å². The van der Waals surface area contributed by atoms with E-state index < -0.39 is 0 Å². The Hall–Kier alpha value is -0.860. The van der Waals surface area contributed by atoms with Gasteiger partial charge in [-0.3, -0.25) is 9.59 Å². The molecule has 2 unspecified atom stereocenters. The number of amides is 1. The zero-order valence-corrected chi connectivity index (χ0v) is 12.4. The second-order valence-corrected chi connectivity index (χ2v) is 6.56. The van der Waals surface area contributed by atoms with Crippen LogP contribution in [-0.4, -0.2) is 29.7 Å². The molecule has 3 heteroatoms. The van der Waals surface area contributed by atoms with Crippen LogP contribution in [0.25, 0.3) is 0 Å². The molecule has 1 saturated carbocycles. The number of Topliss-reactive ketones (excluding diaryl/α,β-unsaturated/α-hetero) is 1. The number of likely N-dealkylation sites (tertiary alicyclic amines) is 1. The van der Waals surface area contributed by atoms with Gasteiger partial charge < -0.3 is 4.90 Å². The lowest BCUT2D eigenvalue weighted by molar-refractivity contribution is -0.131. The highest BCUT2D eigenvalue weighted by molar-refractivity contribution is 5.83. The van der Waals surface area contributed by atoms with Crippen molar-refractivity contribution in [1.82, 2.24) is 4.90 Å². The number of hydrogen-bond acceptors (Lipinski definition) is 2. The first kappa shape index (κ1) is 14.5. The molecule has 2 fully saturated rings. The van der Waals surface area contributed by atoms with Crippen LogP contribution in [0.4, 0.5) is 0 Å². The van der Waals surface area contributed by atoms with Crippen molar-refractivity contribution >= 4 is 11.7 Å². The Kier molecular flexibility index (Phi) is 5.00. The summed E-state index contributed by atoms with van der Waals surface area (Å²) in [6.45, 7) is 6.19. The van der Waals surface area contributed by atoms with E-state index in [1.165, 1.54) is 0 Å². The van der Waals surface area contributed by atoms with E-state index in [2.05, 4.69) is 13.8 Å². The molecule has 2 rings (SSSR count). The molecule has 19 heavy (non-hydrogen) atoms. The summed E-state index contributed by atoms with van der Waals surface area (Å²) < 4.78 is 0. The van der Waals surface area contributed by atoms with Crippen LogP contribution >= 0.6 is 0 Å². The minimum atomic E-state index is 0.233. The van der Waals surface area contributed by atoms with Crippen LogP contribution in [0, 0.1) is 17.8 Å². The van der Waals surface area contributed by atoms with E-state index >= 15 is 0 Å². The van der Waals surface area contributed by atoms with Crippen molar-refractivity contribution in [1.29, 1.82) is 0 Å². The molecule has 1 aliphatic heterocycles. The van der Waals surface area contributed by atoms with Gasteiger partial charge in [-0.05, 0) is 43.9 Å². The maximum atomic E-state index is 12.1. The summed E-state index contributed by atoms with van der Waals surface area (Å²) in [6, 6.07) is 0. The van der Waals surface area contributed by atoms with Gasteiger partial charge in [-0.15, -0.1) is 0 Å². The highest BCUT2D eigenvalue weighted by atomic mass is 16.2. The van der Waals surface area contributed by atoms with Crippen LogP contribution in [0.3, 0.4) is 0 Å². The van der Waals surface area contributed by atoms with Gasteiger partial charge >= 0.3 is 0 Å². The molecule has 0 N–H and O–H groups in total. The minimum Gasteiger partial charge on any atom is -0.343 e. The van der Waals surface area contributed by atoms with Crippen molar-refractivity contribution in [2.24, 2.45) is 17.8 Å². The highest BCUT2D eigenvalue weighted by Gasteiger charge is 2.27. The van der Waals surface area contributed by atoms with Gasteiger partial charge in [-0.25, -0.2) is 0 Å². The fraction of sp³-hybridized carbons (Fsp3) is 0.875. The van der Waals surface area contributed by atoms with Crippen molar-refractivity contribution in [2.45, 2.75) is 58.8 Å². The lowest BCUT2D eigenvalue weighted by atomic mass is 9.89. The first-order valence-corrected chi connectivity index (χ1v) is 7.88. The summed E-state index contributed by atoms with van der Waals surface area (Å²) in [6.07, 6.45) is 6.59. The van der Waals surface area contributed by atoms with Gasteiger partial charge in [0.05, 0.1) is 0 Å². The third-order valence-corrected chi connectivity index (χ3v) is 4.97. The SMILES string of the molecule is CC(C)C1CCC(=O)N(CCC2CCCC2=O)CC1. The second-order valence-electron chi connectivity index (χ2n) is 6.56. The van der Waals surface area contributed by atoms with Gasteiger partial charge in [0.15, 0.2) is 0 Å². The fourth-order valence-electron chi connectivity index (χ4n) is 3.47. The summed E-state index contributed by atoms with van der Waals surface area (Å²) in [4.78, 5) is 25.8. The molecule has 1 saturated heterocycles. The van der Waals surface area contributed by atoms with Crippen molar-refractivity contribution < 1.29 is 9.59 Å². The number of rotatable bonds is 4.